The molecule has 0 fully saturated rings. The van der Waals surface area contributed by atoms with E-state index in [4.69, 9.17) is 0 Å². The van der Waals surface area contributed by atoms with Crippen molar-refractivity contribution in [3.05, 3.63) is 34.6 Å². The number of H-pyrrole nitrogens is 1. The van der Waals surface area contributed by atoms with Crippen molar-refractivity contribution < 1.29 is 9.53 Å². The van der Waals surface area contributed by atoms with Gasteiger partial charge in [-0.1, -0.05) is 12.2 Å². The molecule has 0 atom stereocenters. The maximum absolute atomic E-state index is 11.0. The van der Waals surface area contributed by atoms with Crippen LogP contribution in [-0.4, -0.2) is 23.0 Å². The van der Waals surface area contributed by atoms with E-state index in [1.54, 1.807) is 12.3 Å². The predicted octanol–water partition coefficient (Wildman–Crippen LogP) is 2.90. The number of nitrogens with one attached hydrogen (secondary N) is 1. The van der Waals surface area contributed by atoms with Crippen molar-refractivity contribution in [3.63, 3.8) is 0 Å². The molecular weight excluding hydrogens is 284 g/mol. The summed E-state index contributed by atoms with van der Waals surface area (Å²) in [5, 5.41) is 1.01. The number of hydrogen-bond donors (Lipinski definition) is 1. The molecule has 2 aromatic heterocycles. The first-order valence-electron chi connectivity index (χ1n) is 5.06. The van der Waals surface area contributed by atoms with Crippen LogP contribution < -0.4 is 0 Å². The van der Waals surface area contributed by atoms with Crippen LogP contribution in [-0.2, 0) is 9.53 Å². The van der Waals surface area contributed by atoms with E-state index in [1.807, 2.05) is 18.3 Å². The fraction of sp³-hybridized carbons (Fsp3) is 0.167. The number of pyridine rings is 1. The highest BCUT2D eigenvalue weighted by molar-refractivity contribution is 9.10. The van der Waals surface area contributed by atoms with Gasteiger partial charge in [-0.2, -0.15) is 0 Å². The summed E-state index contributed by atoms with van der Waals surface area (Å²) in [5.41, 5.74) is 1.82. The maximum atomic E-state index is 11.0. The minimum absolute atomic E-state index is 0.250. The predicted molar refractivity (Wildman–Crippen MR) is 69.5 cm³/mol. The molecule has 2 heterocycles. The van der Waals surface area contributed by atoms with Gasteiger partial charge in [0.05, 0.1) is 13.5 Å². The summed E-state index contributed by atoms with van der Waals surface area (Å²) in [5.74, 6) is -0.250. The van der Waals surface area contributed by atoms with Gasteiger partial charge in [0.2, 0.25) is 0 Å². The van der Waals surface area contributed by atoms with Crippen molar-refractivity contribution in [2.75, 3.05) is 7.11 Å². The molecule has 1 N–H and O–H groups in total. The van der Waals surface area contributed by atoms with Crippen molar-refractivity contribution in [1.82, 2.24) is 9.97 Å². The van der Waals surface area contributed by atoms with E-state index in [9.17, 15) is 4.79 Å². The average molecular weight is 295 g/mol. The zero-order valence-electron chi connectivity index (χ0n) is 9.24. The van der Waals surface area contributed by atoms with Gasteiger partial charge in [0.15, 0.2) is 0 Å². The van der Waals surface area contributed by atoms with Crippen LogP contribution >= 0.6 is 15.9 Å². The topological polar surface area (TPSA) is 55.0 Å². The summed E-state index contributed by atoms with van der Waals surface area (Å²) in [6, 6.07) is 1.98. The lowest BCUT2D eigenvalue weighted by atomic mass is 10.2. The van der Waals surface area contributed by atoms with Gasteiger partial charge in [0.25, 0.3) is 0 Å². The van der Waals surface area contributed by atoms with E-state index >= 15 is 0 Å². The molecule has 4 nitrogen and oxygen atoms in total. The number of hydrogen-bond acceptors (Lipinski definition) is 3. The second-order valence-corrected chi connectivity index (χ2v) is 4.39. The Kier molecular flexibility index (Phi) is 3.58. The zero-order valence-corrected chi connectivity index (χ0v) is 10.8. The van der Waals surface area contributed by atoms with E-state index in [2.05, 4.69) is 30.6 Å². The largest absolute Gasteiger partial charge is 0.469 e. The van der Waals surface area contributed by atoms with Gasteiger partial charge >= 0.3 is 5.97 Å². The lowest BCUT2D eigenvalue weighted by Gasteiger charge is -1.94. The fourth-order valence-electron chi connectivity index (χ4n) is 1.50. The smallest absolute Gasteiger partial charge is 0.309 e. The third kappa shape index (κ3) is 2.74. The molecule has 17 heavy (non-hydrogen) atoms. The van der Waals surface area contributed by atoms with Crippen molar-refractivity contribution in [2.45, 2.75) is 6.42 Å². The molecule has 0 radical (unpaired) electrons. The number of esters is 1. The highest BCUT2D eigenvalue weighted by Gasteiger charge is 2.02. The number of aromatic nitrogens is 2. The number of halogens is 1. The molecule has 0 saturated heterocycles. The summed E-state index contributed by atoms with van der Waals surface area (Å²) in [6.45, 7) is 0. The number of methoxy groups -OCH3 is 1. The number of ether oxygens (including phenoxy) is 1. The normalized spacial score (nSPS) is 11.2. The summed E-state index contributed by atoms with van der Waals surface area (Å²) >= 11 is 3.38. The molecule has 0 aliphatic carbocycles. The first-order chi connectivity index (χ1) is 8.20. The first-order valence-corrected chi connectivity index (χ1v) is 5.86. The first kappa shape index (κ1) is 11.9. The number of carbonyl (C=O) groups is 1. The summed E-state index contributed by atoms with van der Waals surface area (Å²) < 4.78 is 5.48. The standard InChI is InChI=1S/C12H11BrN2O2/c1-17-11(16)4-2-3-8-6-14-12-10(8)5-9(13)7-15-12/h2-3,5-7H,4H2,1H3,(H,14,15). The van der Waals surface area contributed by atoms with Crippen molar-refractivity contribution in [3.8, 4) is 0 Å². The molecule has 88 valence electrons. The van der Waals surface area contributed by atoms with Gasteiger partial charge in [-0.05, 0) is 22.0 Å². The molecule has 2 rings (SSSR count). The van der Waals surface area contributed by atoms with Crippen LogP contribution in [0.3, 0.4) is 0 Å². The Hall–Kier alpha value is -1.62. The van der Waals surface area contributed by atoms with Crippen LogP contribution in [0.25, 0.3) is 17.1 Å². The van der Waals surface area contributed by atoms with Gasteiger partial charge in [-0.15, -0.1) is 0 Å². The summed E-state index contributed by atoms with van der Waals surface area (Å²) in [7, 11) is 1.38. The van der Waals surface area contributed by atoms with Gasteiger partial charge < -0.3 is 9.72 Å². The monoisotopic (exact) mass is 294 g/mol. The molecular formula is C12H11BrN2O2. The Morgan fingerprint density at radius 3 is 3.24 bits per heavy atom. The Balaban J connectivity index is 2.24. The Labute approximate surface area is 107 Å². The number of fused-ring (bicyclic) bond motifs is 1. The molecule has 0 saturated carbocycles. The quantitative estimate of drug-likeness (QED) is 0.886. The van der Waals surface area contributed by atoms with Crippen LogP contribution in [0.2, 0.25) is 0 Å². The van der Waals surface area contributed by atoms with Gasteiger partial charge in [0.1, 0.15) is 5.65 Å². The lowest BCUT2D eigenvalue weighted by molar-refractivity contribution is -0.139. The van der Waals surface area contributed by atoms with E-state index in [-0.39, 0.29) is 12.4 Å². The van der Waals surface area contributed by atoms with Gasteiger partial charge in [-0.3, -0.25) is 4.79 Å². The number of rotatable bonds is 3. The molecule has 0 unspecified atom stereocenters. The number of nitrogens with zero attached hydrogens (tertiary/aromatic N) is 1. The number of carbonyl (C=O) groups excluding carboxylic acids is 1. The van der Waals surface area contributed by atoms with Crippen LogP contribution in [0.4, 0.5) is 0 Å². The van der Waals surface area contributed by atoms with Crippen molar-refractivity contribution >= 4 is 39.0 Å². The third-order valence-electron chi connectivity index (χ3n) is 2.34. The molecule has 0 aliphatic rings. The molecule has 0 spiro atoms. The Morgan fingerprint density at radius 2 is 2.47 bits per heavy atom. The molecule has 0 aromatic carbocycles. The third-order valence-corrected chi connectivity index (χ3v) is 2.77. The van der Waals surface area contributed by atoms with Crippen LogP contribution in [0.15, 0.2) is 29.0 Å². The zero-order chi connectivity index (χ0) is 12.3. The second-order valence-electron chi connectivity index (χ2n) is 3.48. The minimum atomic E-state index is -0.250. The van der Waals surface area contributed by atoms with Crippen molar-refractivity contribution in [2.24, 2.45) is 0 Å². The minimum Gasteiger partial charge on any atom is -0.469 e. The van der Waals surface area contributed by atoms with E-state index in [0.717, 1.165) is 21.1 Å². The molecule has 0 bridgehead atoms. The number of aromatic amines is 1. The van der Waals surface area contributed by atoms with Crippen LogP contribution in [0.1, 0.15) is 12.0 Å². The molecule has 2 aromatic rings. The van der Waals surface area contributed by atoms with Crippen molar-refractivity contribution in [1.29, 1.82) is 0 Å². The maximum Gasteiger partial charge on any atom is 0.309 e. The molecule has 5 heteroatoms. The second kappa shape index (κ2) is 5.14. The Morgan fingerprint density at radius 1 is 1.65 bits per heavy atom. The van der Waals surface area contributed by atoms with Gasteiger partial charge in [0, 0.05) is 27.8 Å². The van der Waals surface area contributed by atoms with E-state index in [1.165, 1.54) is 7.11 Å². The SMILES string of the molecule is COC(=O)CC=Cc1c[nH]c2ncc(Br)cc12. The highest BCUT2D eigenvalue weighted by atomic mass is 79.9. The summed E-state index contributed by atoms with van der Waals surface area (Å²) in [4.78, 5) is 18.3. The average Bonchev–Trinajstić information content (AvgIpc) is 2.72. The molecule has 0 aliphatic heterocycles. The lowest BCUT2D eigenvalue weighted by Crippen LogP contribution is -1.96. The van der Waals surface area contributed by atoms with Crippen LogP contribution in [0.5, 0.6) is 0 Å². The van der Waals surface area contributed by atoms with E-state index < -0.39 is 0 Å². The molecule has 0 amide bonds. The highest BCUT2D eigenvalue weighted by Crippen LogP contribution is 2.21. The van der Waals surface area contributed by atoms with E-state index in [0.29, 0.717) is 0 Å². The van der Waals surface area contributed by atoms with Crippen LogP contribution in [0, 0.1) is 0 Å². The summed E-state index contributed by atoms with van der Waals surface area (Å²) in [6.07, 6.45) is 7.52. The Bertz CT molecular complexity index is 575. The fourth-order valence-corrected chi connectivity index (χ4v) is 1.83. The van der Waals surface area contributed by atoms with Gasteiger partial charge in [-0.25, -0.2) is 4.98 Å².